The van der Waals surface area contributed by atoms with E-state index in [9.17, 15) is 22.0 Å². The first-order chi connectivity index (χ1) is 10.9. The van der Waals surface area contributed by atoms with E-state index in [4.69, 9.17) is 0 Å². The zero-order chi connectivity index (χ0) is 16.6. The fourth-order valence-corrected chi connectivity index (χ4v) is 3.56. The molecule has 1 heterocycles. The van der Waals surface area contributed by atoms with E-state index in [0.29, 0.717) is 11.8 Å². The van der Waals surface area contributed by atoms with Crippen LogP contribution in [0, 0.1) is 11.6 Å². The van der Waals surface area contributed by atoms with E-state index in [1.54, 1.807) is 30.3 Å². The van der Waals surface area contributed by atoms with Crippen LogP contribution in [0.25, 0.3) is 0 Å². The molecule has 120 valence electrons. The molecule has 2 aromatic carbocycles. The van der Waals surface area contributed by atoms with Crippen molar-refractivity contribution in [2.45, 2.75) is 10.9 Å². The van der Waals surface area contributed by atoms with Crippen molar-refractivity contribution >= 4 is 21.6 Å². The van der Waals surface area contributed by atoms with Crippen LogP contribution in [-0.4, -0.2) is 26.9 Å². The smallest absolute Gasteiger partial charge is 0.247 e. The van der Waals surface area contributed by atoms with Crippen LogP contribution in [0.15, 0.2) is 53.4 Å². The van der Waals surface area contributed by atoms with Crippen LogP contribution in [0.4, 0.5) is 14.5 Å². The monoisotopic (exact) mass is 338 g/mol. The Labute approximate surface area is 131 Å². The van der Waals surface area contributed by atoms with Crippen LogP contribution >= 0.6 is 0 Å². The maximum Gasteiger partial charge on any atom is 0.247 e. The first-order valence-corrected chi connectivity index (χ1v) is 8.20. The van der Waals surface area contributed by atoms with Crippen LogP contribution in [0.5, 0.6) is 0 Å². The molecule has 0 spiro atoms. The Morgan fingerprint density at radius 3 is 2.43 bits per heavy atom. The number of benzene rings is 2. The Hall–Kier alpha value is -2.32. The number of para-hydroxylation sites is 1. The lowest BCUT2D eigenvalue weighted by molar-refractivity contribution is -0.124. The molecule has 1 aliphatic heterocycles. The van der Waals surface area contributed by atoms with Gasteiger partial charge in [0.05, 0.1) is 6.54 Å². The van der Waals surface area contributed by atoms with Gasteiger partial charge in [-0.15, -0.1) is 0 Å². The number of β-lactam (4-membered cyclic amide) rings is 1. The lowest BCUT2D eigenvalue weighted by atomic mass is 10.1. The second kappa shape index (κ2) is 5.71. The van der Waals surface area contributed by atoms with Crippen LogP contribution in [-0.2, 0) is 14.8 Å². The van der Waals surface area contributed by atoms with E-state index in [1.165, 1.54) is 4.90 Å². The molecule has 0 radical (unpaired) electrons. The number of halogens is 2. The first-order valence-electron chi connectivity index (χ1n) is 6.72. The summed E-state index contributed by atoms with van der Waals surface area (Å²) in [5.74, 6) is -2.40. The Bertz CT molecular complexity index is 856. The second-order valence-corrected chi connectivity index (χ2v) is 6.72. The summed E-state index contributed by atoms with van der Waals surface area (Å²) in [4.78, 5) is 12.6. The number of sulfonamides is 1. The molecular formula is C15H12F2N2O3S. The molecule has 1 fully saturated rings. The van der Waals surface area contributed by atoms with Crippen molar-refractivity contribution in [3.8, 4) is 0 Å². The highest BCUT2D eigenvalue weighted by atomic mass is 32.2. The number of carbonyl (C=O) groups excluding carboxylic acids is 1. The molecule has 1 saturated heterocycles. The van der Waals surface area contributed by atoms with Crippen LogP contribution in [0.1, 0.15) is 0 Å². The van der Waals surface area contributed by atoms with Gasteiger partial charge >= 0.3 is 0 Å². The van der Waals surface area contributed by atoms with Gasteiger partial charge in [-0.1, -0.05) is 18.2 Å². The summed E-state index contributed by atoms with van der Waals surface area (Å²) in [5.41, 5.74) is 0.643. The molecule has 0 saturated carbocycles. The average Bonchev–Trinajstić information content (AvgIpc) is 2.53. The summed E-state index contributed by atoms with van der Waals surface area (Å²) in [7, 11) is -4.32. The zero-order valence-electron chi connectivity index (χ0n) is 11.7. The minimum Gasteiger partial charge on any atom is -0.309 e. The Kier molecular flexibility index (Phi) is 3.87. The first kappa shape index (κ1) is 15.6. The van der Waals surface area contributed by atoms with Gasteiger partial charge < -0.3 is 4.90 Å². The zero-order valence-corrected chi connectivity index (χ0v) is 12.6. The van der Waals surface area contributed by atoms with E-state index in [1.807, 2.05) is 0 Å². The van der Waals surface area contributed by atoms with Gasteiger partial charge in [0.1, 0.15) is 22.6 Å². The number of rotatable bonds is 4. The molecule has 0 unspecified atom stereocenters. The third kappa shape index (κ3) is 2.95. The number of anilines is 1. The van der Waals surface area contributed by atoms with Crippen molar-refractivity contribution < 1.29 is 22.0 Å². The summed E-state index contributed by atoms with van der Waals surface area (Å²) >= 11 is 0. The van der Waals surface area contributed by atoms with Gasteiger partial charge in [-0.3, -0.25) is 4.79 Å². The molecule has 1 amide bonds. The topological polar surface area (TPSA) is 66.5 Å². The third-order valence-corrected chi connectivity index (χ3v) is 4.96. The Morgan fingerprint density at radius 1 is 1.09 bits per heavy atom. The van der Waals surface area contributed by atoms with Gasteiger partial charge in [0.25, 0.3) is 0 Å². The number of nitrogens with one attached hydrogen (secondary N) is 1. The summed E-state index contributed by atoms with van der Waals surface area (Å²) < 4.78 is 53.1. The quantitative estimate of drug-likeness (QED) is 0.862. The van der Waals surface area contributed by atoms with Gasteiger partial charge in [0.2, 0.25) is 15.9 Å². The van der Waals surface area contributed by atoms with Crippen molar-refractivity contribution in [2.75, 3.05) is 11.4 Å². The van der Waals surface area contributed by atoms with Crippen molar-refractivity contribution in [3.05, 3.63) is 60.2 Å². The normalized spacial score (nSPS) is 17.9. The number of hydrogen-bond donors (Lipinski definition) is 1. The van der Waals surface area contributed by atoms with E-state index < -0.39 is 38.5 Å². The molecule has 5 nitrogen and oxygen atoms in total. The fourth-order valence-electron chi connectivity index (χ4n) is 2.29. The van der Waals surface area contributed by atoms with Crippen LogP contribution in [0.2, 0.25) is 0 Å². The highest BCUT2D eigenvalue weighted by Crippen LogP contribution is 2.23. The van der Waals surface area contributed by atoms with Crippen molar-refractivity contribution in [2.24, 2.45) is 0 Å². The predicted octanol–water partition coefficient (Wildman–Crippen LogP) is 1.66. The molecule has 0 bridgehead atoms. The predicted molar refractivity (Wildman–Crippen MR) is 79.3 cm³/mol. The standard InChI is InChI=1S/C15H12F2N2O3S/c16-10-6-7-12(17)14(8-10)23(21,22)18-13-9-19(15(13)20)11-4-2-1-3-5-11/h1-8,13,18H,9H2/t13-/m1/s1. The molecule has 0 aromatic heterocycles. The van der Waals surface area contributed by atoms with Gasteiger partial charge in [0, 0.05) is 5.69 Å². The lowest BCUT2D eigenvalue weighted by Crippen LogP contribution is -2.64. The van der Waals surface area contributed by atoms with Gasteiger partial charge in [-0.2, -0.15) is 4.72 Å². The molecule has 1 atom stereocenters. The number of nitrogens with zero attached hydrogens (tertiary/aromatic N) is 1. The summed E-state index contributed by atoms with van der Waals surface area (Å²) in [5, 5.41) is 0. The Morgan fingerprint density at radius 2 is 1.78 bits per heavy atom. The molecule has 23 heavy (non-hydrogen) atoms. The largest absolute Gasteiger partial charge is 0.309 e. The second-order valence-electron chi connectivity index (χ2n) is 5.03. The van der Waals surface area contributed by atoms with E-state index in [2.05, 4.69) is 4.72 Å². The maximum absolute atomic E-state index is 13.6. The van der Waals surface area contributed by atoms with Crippen LogP contribution < -0.4 is 9.62 Å². The van der Waals surface area contributed by atoms with Gasteiger partial charge in [0.15, 0.2) is 0 Å². The van der Waals surface area contributed by atoms with Crippen molar-refractivity contribution in [1.29, 1.82) is 0 Å². The highest BCUT2D eigenvalue weighted by molar-refractivity contribution is 7.89. The Balaban J connectivity index is 1.76. The molecule has 3 rings (SSSR count). The summed E-state index contributed by atoms with van der Waals surface area (Å²) in [6, 6.07) is 9.86. The fraction of sp³-hybridized carbons (Fsp3) is 0.133. The maximum atomic E-state index is 13.6. The number of hydrogen-bond acceptors (Lipinski definition) is 3. The van der Waals surface area contributed by atoms with Crippen molar-refractivity contribution in [1.82, 2.24) is 4.72 Å². The van der Waals surface area contributed by atoms with E-state index >= 15 is 0 Å². The molecule has 1 aliphatic rings. The van der Waals surface area contributed by atoms with Crippen molar-refractivity contribution in [3.63, 3.8) is 0 Å². The van der Waals surface area contributed by atoms with E-state index in [0.717, 1.165) is 12.1 Å². The van der Waals surface area contributed by atoms with Crippen LogP contribution in [0.3, 0.4) is 0 Å². The van der Waals surface area contributed by atoms with E-state index in [-0.39, 0.29) is 6.54 Å². The third-order valence-electron chi connectivity index (χ3n) is 3.48. The summed E-state index contributed by atoms with van der Waals surface area (Å²) in [6.45, 7) is 0.124. The molecular weight excluding hydrogens is 326 g/mol. The van der Waals surface area contributed by atoms with Gasteiger partial charge in [-0.05, 0) is 30.3 Å². The average molecular weight is 338 g/mol. The highest BCUT2D eigenvalue weighted by Gasteiger charge is 2.40. The summed E-state index contributed by atoms with van der Waals surface area (Å²) in [6.07, 6.45) is 0. The lowest BCUT2D eigenvalue weighted by Gasteiger charge is -2.38. The molecule has 0 aliphatic carbocycles. The molecule has 8 heteroatoms. The molecule has 2 aromatic rings. The minimum atomic E-state index is -4.32. The molecule has 1 N–H and O–H groups in total. The van der Waals surface area contributed by atoms with Gasteiger partial charge in [-0.25, -0.2) is 17.2 Å². The number of carbonyl (C=O) groups is 1. The minimum absolute atomic E-state index is 0.124. The number of amides is 1. The SMILES string of the molecule is O=C1[C@H](NS(=O)(=O)c2cc(F)ccc2F)CN1c1ccccc1.